The van der Waals surface area contributed by atoms with Crippen LogP contribution < -0.4 is 10.9 Å². The van der Waals surface area contributed by atoms with Crippen molar-refractivity contribution in [2.75, 3.05) is 0 Å². The summed E-state index contributed by atoms with van der Waals surface area (Å²) in [6.45, 7) is 0. The van der Waals surface area contributed by atoms with Gasteiger partial charge in [-0.25, -0.2) is 4.39 Å². The lowest BCUT2D eigenvalue weighted by atomic mass is 10.1. The van der Waals surface area contributed by atoms with Crippen LogP contribution in [0.25, 0.3) is 0 Å². The quantitative estimate of drug-likeness (QED) is 0.652. The number of nitro benzene ring substituents is 1. The fourth-order valence-electron chi connectivity index (χ4n) is 1.87. The van der Waals surface area contributed by atoms with E-state index >= 15 is 0 Å². The molecule has 0 aliphatic carbocycles. The molecular weight excluding hydrogens is 341 g/mol. The van der Waals surface area contributed by atoms with Gasteiger partial charge in [-0.3, -0.25) is 30.6 Å². The van der Waals surface area contributed by atoms with Gasteiger partial charge >= 0.3 is 0 Å². The maximum atomic E-state index is 12.8. The first-order valence-electron chi connectivity index (χ1n) is 6.64. The molecule has 0 radical (unpaired) electrons. The van der Waals surface area contributed by atoms with Gasteiger partial charge in [-0.15, -0.1) is 0 Å². The summed E-state index contributed by atoms with van der Waals surface area (Å²) < 4.78 is 12.8. The Morgan fingerprint density at radius 1 is 1.12 bits per heavy atom. The van der Waals surface area contributed by atoms with Gasteiger partial charge in [0.1, 0.15) is 11.4 Å². The van der Waals surface area contributed by atoms with Gasteiger partial charge in [0.15, 0.2) is 0 Å². The van der Waals surface area contributed by atoms with E-state index in [2.05, 4.69) is 10.9 Å². The minimum absolute atomic E-state index is 0.0940. The molecule has 0 saturated heterocycles. The van der Waals surface area contributed by atoms with Gasteiger partial charge in [-0.1, -0.05) is 23.7 Å². The fourth-order valence-corrected chi connectivity index (χ4v) is 2.04. The van der Waals surface area contributed by atoms with Crippen molar-refractivity contribution in [1.29, 1.82) is 0 Å². The third kappa shape index (κ3) is 4.50. The first kappa shape index (κ1) is 17.4. The molecule has 0 atom stereocenters. The Labute approximate surface area is 140 Å². The second-order valence-corrected chi connectivity index (χ2v) is 5.16. The number of hydrogen-bond acceptors (Lipinski definition) is 4. The van der Waals surface area contributed by atoms with Crippen LogP contribution in [0.3, 0.4) is 0 Å². The van der Waals surface area contributed by atoms with E-state index in [9.17, 15) is 24.1 Å². The van der Waals surface area contributed by atoms with Crippen LogP contribution in [0.2, 0.25) is 5.02 Å². The van der Waals surface area contributed by atoms with Crippen molar-refractivity contribution in [3.8, 4) is 0 Å². The zero-order chi connectivity index (χ0) is 17.7. The van der Waals surface area contributed by atoms with Crippen molar-refractivity contribution in [3.63, 3.8) is 0 Å². The van der Waals surface area contributed by atoms with Crippen molar-refractivity contribution in [2.24, 2.45) is 0 Å². The van der Waals surface area contributed by atoms with Gasteiger partial charge in [0.05, 0.1) is 11.3 Å². The normalized spacial score (nSPS) is 10.1. The van der Waals surface area contributed by atoms with Crippen molar-refractivity contribution >= 4 is 29.1 Å². The van der Waals surface area contributed by atoms with Crippen LogP contribution in [-0.2, 0) is 11.2 Å². The molecule has 2 aromatic rings. The molecule has 7 nitrogen and oxygen atoms in total. The summed E-state index contributed by atoms with van der Waals surface area (Å²) in [7, 11) is 0. The van der Waals surface area contributed by atoms with E-state index in [-0.39, 0.29) is 17.0 Å². The molecule has 24 heavy (non-hydrogen) atoms. The van der Waals surface area contributed by atoms with Crippen molar-refractivity contribution in [1.82, 2.24) is 10.9 Å². The highest BCUT2D eigenvalue weighted by Crippen LogP contribution is 2.22. The molecule has 0 heterocycles. The Balaban J connectivity index is 1.99. The van der Waals surface area contributed by atoms with E-state index in [1.807, 2.05) is 0 Å². The third-order valence-electron chi connectivity index (χ3n) is 2.99. The topological polar surface area (TPSA) is 101 Å². The first-order valence-corrected chi connectivity index (χ1v) is 7.02. The average molecular weight is 352 g/mol. The molecule has 0 saturated carbocycles. The Morgan fingerprint density at radius 2 is 1.79 bits per heavy atom. The second-order valence-electron chi connectivity index (χ2n) is 4.72. The number of rotatable bonds is 4. The van der Waals surface area contributed by atoms with Gasteiger partial charge < -0.3 is 0 Å². The Bertz CT molecular complexity index is 796. The van der Waals surface area contributed by atoms with Gasteiger partial charge in [-0.2, -0.15) is 0 Å². The minimum Gasteiger partial charge on any atom is -0.273 e. The minimum atomic E-state index is -0.856. The fraction of sp³-hybridized carbons (Fsp3) is 0.0667. The van der Waals surface area contributed by atoms with E-state index in [0.717, 1.165) is 6.07 Å². The van der Waals surface area contributed by atoms with Crippen LogP contribution in [-0.4, -0.2) is 16.7 Å². The maximum absolute atomic E-state index is 12.8. The predicted molar refractivity (Wildman–Crippen MR) is 83.8 cm³/mol. The molecule has 0 unspecified atom stereocenters. The van der Waals surface area contributed by atoms with Gasteiger partial charge in [0.25, 0.3) is 11.6 Å². The van der Waals surface area contributed by atoms with Crippen molar-refractivity contribution in [3.05, 3.63) is 74.5 Å². The molecule has 2 aromatic carbocycles. The van der Waals surface area contributed by atoms with Crippen molar-refractivity contribution in [2.45, 2.75) is 6.42 Å². The molecule has 2 rings (SSSR count). The number of carbonyl (C=O) groups is 2. The number of nitrogens with zero attached hydrogens (tertiary/aromatic N) is 1. The highest BCUT2D eigenvalue weighted by molar-refractivity contribution is 6.31. The van der Waals surface area contributed by atoms with E-state index < -0.39 is 28.2 Å². The second kappa shape index (κ2) is 7.51. The monoisotopic (exact) mass is 351 g/mol. The van der Waals surface area contributed by atoms with Crippen molar-refractivity contribution < 1.29 is 18.9 Å². The van der Waals surface area contributed by atoms with E-state index in [1.165, 1.54) is 36.4 Å². The molecule has 0 bridgehead atoms. The summed E-state index contributed by atoms with van der Waals surface area (Å²) in [5.74, 6) is -1.85. The summed E-state index contributed by atoms with van der Waals surface area (Å²) in [6.07, 6.45) is -0.0940. The number of hydrazine groups is 1. The lowest BCUT2D eigenvalue weighted by molar-refractivity contribution is -0.385. The van der Waals surface area contributed by atoms with Crippen LogP contribution in [0.15, 0.2) is 42.5 Å². The number of nitrogens with one attached hydrogen (secondary N) is 2. The van der Waals surface area contributed by atoms with Crippen LogP contribution in [0.4, 0.5) is 10.1 Å². The van der Waals surface area contributed by atoms with E-state index in [0.29, 0.717) is 5.56 Å². The molecule has 0 spiro atoms. The summed E-state index contributed by atoms with van der Waals surface area (Å²) in [4.78, 5) is 33.9. The summed E-state index contributed by atoms with van der Waals surface area (Å²) >= 11 is 5.66. The lowest BCUT2D eigenvalue weighted by Gasteiger charge is -2.08. The predicted octanol–water partition coefficient (Wildman–Crippen LogP) is 2.39. The molecule has 2 amide bonds. The van der Waals surface area contributed by atoms with Crippen LogP contribution >= 0.6 is 11.6 Å². The summed E-state index contributed by atoms with van der Waals surface area (Å²) in [5.41, 5.74) is 4.04. The molecule has 0 fully saturated rings. The lowest BCUT2D eigenvalue weighted by Crippen LogP contribution is -2.42. The molecule has 2 N–H and O–H groups in total. The van der Waals surface area contributed by atoms with Crippen LogP contribution in [0, 0.1) is 15.9 Å². The van der Waals surface area contributed by atoms with Gasteiger partial charge in [-0.05, 0) is 29.8 Å². The van der Waals surface area contributed by atoms with Crippen LogP contribution in [0.5, 0.6) is 0 Å². The van der Waals surface area contributed by atoms with E-state index in [4.69, 9.17) is 11.6 Å². The SMILES string of the molecule is O=C(Cc1ccc(F)cc1)NNC(=O)c1ccc(Cl)cc1[N+](=O)[O-]. The summed E-state index contributed by atoms with van der Waals surface area (Å²) in [5, 5.41) is 11.0. The number of hydrogen-bond donors (Lipinski definition) is 2. The number of amides is 2. The summed E-state index contributed by atoms with van der Waals surface area (Å²) in [6, 6.07) is 8.82. The number of benzene rings is 2. The largest absolute Gasteiger partial charge is 0.283 e. The third-order valence-corrected chi connectivity index (χ3v) is 3.23. The number of halogens is 2. The Morgan fingerprint density at radius 3 is 2.42 bits per heavy atom. The number of carbonyl (C=O) groups excluding carboxylic acids is 2. The molecular formula is C15H11ClFN3O4. The maximum Gasteiger partial charge on any atom is 0.283 e. The van der Waals surface area contributed by atoms with Crippen LogP contribution in [0.1, 0.15) is 15.9 Å². The van der Waals surface area contributed by atoms with Gasteiger partial charge in [0.2, 0.25) is 5.91 Å². The standard InChI is InChI=1S/C15H11ClFN3O4/c16-10-3-6-12(13(8-10)20(23)24)15(22)19-18-14(21)7-9-1-4-11(17)5-2-9/h1-6,8H,7H2,(H,18,21)(H,19,22). The zero-order valence-electron chi connectivity index (χ0n) is 12.1. The zero-order valence-corrected chi connectivity index (χ0v) is 12.8. The smallest absolute Gasteiger partial charge is 0.273 e. The molecule has 0 aromatic heterocycles. The van der Waals surface area contributed by atoms with E-state index in [1.54, 1.807) is 0 Å². The number of nitro groups is 1. The average Bonchev–Trinajstić information content (AvgIpc) is 2.54. The highest BCUT2D eigenvalue weighted by Gasteiger charge is 2.20. The molecule has 124 valence electrons. The Hall–Kier alpha value is -3.00. The Kier molecular flexibility index (Phi) is 5.43. The van der Waals surface area contributed by atoms with Gasteiger partial charge in [0, 0.05) is 11.1 Å². The molecule has 0 aliphatic heterocycles. The molecule has 9 heteroatoms. The highest BCUT2D eigenvalue weighted by atomic mass is 35.5. The molecule has 0 aliphatic rings. The first-order chi connectivity index (χ1) is 11.4.